The molecule has 146 valence electrons. The minimum atomic E-state index is -0.230. The summed E-state index contributed by atoms with van der Waals surface area (Å²) in [5.74, 6) is -0.230. The average Bonchev–Trinajstić information content (AvgIpc) is 2.74. The van der Waals surface area contributed by atoms with Gasteiger partial charge in [-0.3, -0.25) is 4.79 Å². The molecule has 1 amide bonds. The van der Waals surface area contributed by atoms with Gasteiger partial charge < -0.3 is 0 Å². The summed E-state index contributed by atoms with van der Waals surface area (Å²) in [4.78, 5) is 12.6. The molecule has 0 saturated carbocycles. The first-order valence-electron chi connectivity index (χ1n) is 9.70. The molecule has 0 unspecified atom stereocenters. The molecule has 3 aromatic carbocycles. The third kappa shape index (κ3) is 5.76. The Morgan fingerprint density at radius 2 is 1.38 bits per heavy atom. The molecule has 0 radical (unpaired) electrons. The van der Waals surface area contributed by atoms with Crippen molar-refractivity contribution in [3.05, 3.63) is 113 Å². The molecule has 0 aliphatic heterocycles. The minimum absolute atomic E-state index is 0.0515. The summed E-state index contributed by atoms with van der Waals surface area (Å²) in [6.45, 7) is 6.45. The van der Waals surface area contributed by atoms with Crippen molar-refractivity contribution in [2.24, 2.45) is 5.10 Å². The van der Waals surface area contributed by atoms with Gasteiger partial charge in [0, 0.05) is 11.1 Å². The maximum atomic E-state index is 12.6. The highest BCUT2D eigenvalue weighted by Gasteiger charge is 2.14. The second kappa shape index (κ2) is 9.16. The van der Waals surface area contributed by atoms with E-state index in [0.29, 0.717) is 11.3 Å². The normalized spacial score (nSPS) is 12.2. The first kappa shape index (κ1) is 20.3. The molecule has 0 bridgehead atoms. The Kier molecular flexibility index (Phi) is 6.40. The number of carbonyl (C=O) groups is 1. The smallest absolute Gasteiger partial charge is 0.267 e. The fraction of sp³-hybridized carbons (Fsp3) is 0.154. The number of hydrazone groups is 1. The number of carbonyl (C=O) groups excluding carboxylic acids is 1. The predicted octanol–water partition coefficient (Wildman–Crippen LogP) is 5.83. The Morgan fingerprint density at radius 3 is 1.97 bits per heavy atom. The third-order valence-corrected chi connectivity index (χ3v) is 4.59. The van der Waals surface area contributed by atoms with Crippen LogP contribution in [0.1, 0.15) is 47.8 Å². The van der Waals surface area contributed by atoms with Crippen LogP contribution < -0.4 is 5.43 Å². The van der Waals surface area contributed by atoms with Gasteiger partial charge in [0.25, 0.3) is 5.91 Å². The highest BCUT2D eigenvalue weighted by molar-refractivity contribution is 6.11. The van der Waals surface area contributed by atoms with Gasteiger partial charge in [-0.05, 0) is 34.8 Å². The van der Waals surface area contributed by atoms with Gasteiger partial charge in [-0.25, -0.2) is 5.43 Å². The van der Waals surface area contributed by atoms with Crippen LogP contribution in [0, 0.1) is 0 Å². The van der Waals surface area contributed by atoms with Crippen molar-refractivity contribution in [2.45, 2.75) is 26.2 Å². The van der Waals surface area contributed by atoms with Crippen LogP contribution in [-0.4, -0.2) is 11.6 Å². The zero-order valence-corrected chi connectivity index (χ0v) is 17.1. The molecule has 1 N–H and O–H groups in total. The van der Waals surface area contributed by atoms with Crippen LogP contribution in [0.3, 0.4) is 0 Å². The minimum Gasteiger partial charge on any atom is -0.267 e. The third-order valence-electron chi connectivity index (χ3n) is 4.59. The zero-order valence-electron chi connectivity index (χ0n) is 17.1. The molecule has 0 saturated heterocycles. The van der Waals surface area contributed by atoms with Crippen molar-refractivity contribution in [1.82, 2.24) is 5.43 Å². The number of hydrogen-bond acceptors (Lipinski definition) is 2. The topological polar surface area (TPSA) is 41.5 Å². The van der Waals surface area contributed by atoms with Crippen molar-refractivity contribution < 1.29 is 4.79 Å². The number of nitrogens with one attached hydrogen (secondary N) is 1. The van der Waals surface area contributed by atoms with Crippen LogP contribution in [0.5, 0.6) is 0 Å². The fourth-order valence-electron chi connectivity index (χ4n) is 2.84. The number of hydrogen-bond donors (Lipinski definition) is 1. The molecule has 0 heterocycles. The summed E-state index contributed by atoms with van der Waals surface area (Å²) in [6.07, 6.45) is 3.89. The summed E-state index contributed by atoms with van der Waals surface area (Å²) in [7, 11) is 0. The molecular weight excluding hydrogens is 356 g/mol. The molecular formula is C26H26N2O. The number of benzene rings is 3. The van der Waals surface area contributed by atoms with E-state index < -0.39 is 0 Å². The van der Waals surface area contributed by atoms with Crippen molar-refractivity contribution >= 4 is 17.7 Å². The fourth-order valence-corrected chi connectivity index (χ4v) is 2.84. The second-order valence-corrected chi connectivity index (χ2v) is 7.88. The Bertz CT molecular complexity index is 996. The van der Waals surface area contributed by atoms with Crippen LogP contribution in [-0.2, 0) is 5.41 Å². The first-order valence-corrected chi connectivity index (χ1v) is 9.70. The van der Waals surface area contributed by atoms with Gasteiger partial charge in [-0.15, -0.1) is 0 Å². The summed E-state index contributed by atoms with van der Waals surface area (Å²) < 4.78 is 0. The van der Waals surface area contributed by atoms with E-state index in [1.54, 1.807) is 0 Å². The van der Waals surface area contributed by atoms with E-state index in [9.17, 15) is 4.79 Å². The largest absolute Gasteiger partial charge is 0.271 e. The van der Waals surface area contributed by atoms with Crippen LogP contribution >= 0.6 is 0 Å². The average molecular weight is 383 g/mol. The molecule has 3 nitrogen and oxygen atoms in total. The predicted molar refractivity (Wildman–Crippen MR) is 121 cm³/mol. The van der Waals surface area contributed by atoms with Gasteiger partial charge >= 0.3 is 0 Å². The summed E-state index contributed by atoms with van der Waals surface area (Å²) in [5.41, 5.74) is 7.21. The molecule has 3 heteroatoms. The standard InChI is InChI=1S/C26H26N2O/c1-26(2,3)23-17-15-22(16-18-23)25(29)28-27-24(21-12-8-5-9-13-21)19-14-20-10-6-4-7-11-20/h4-19H,1-3H3,(H,28,29). The Balaban J connectivity index is 1.80. The highest BCUT2D eigenvalue weighted by Crippen LogP contribution is 2.22. The van der Waals surface area contributed by atoms with Gasteiger partial charge in [0.15, 0.2) is 0 Å². The second-order valence-electron chi connectivity index (χ2n) is 7.88. The van der Waals surface area contributed by atoms with E-state index in [4.69, 9.17) is 0 Å². The molecule has 0 spiro atoms. The van der Waals surface area contributed by atoms with E-state index in [2.05, 4.69) is 31.3 Å². The van der Waals surface area contributed by atoms with E-state index >= 15 is 0 Å². The van der Waals surface area contributed by atoms with E-state index in [-0.39, 0.29) is 11.3 Å². The highest BCUT2D eigenvalue weighted by atomic mass is 16.2. The van der Waals surface area contributed by atoms with Crippen LogP contribution in [0.15, 0.2) is 96.1 Å². The molecule has 29 heavy (non-hydrogen) atoms. The zero-order chi connectivity index (χ0) is 20.7. The van der Waals surface area contributed by atoms with Crippen LogP contribution in [0.4, 0.5) is 0 Å². The summed E-state index contributed by atoms with van der Waals surface area (Å²) >= 11 is 0. The number of nitrogens with zero attached hydrogens (tertiary/aromatic N) is 1. The summed E-state index contributed by atoms with van der Waals surface area (Å²) in [6, 6.07) is 27.5. The quantitative estimate of drug-likeness (QED) is 0.438. The summed E-state index contributed by atoms with van der Waals surface area (Å²) in [5, 5.41) is 4.39. The Labute approximate surface area is 172 Å². The lowest BCUT2D eigenvalue weighted by molar-refractivity contribution is 0.0955. The maximum Gasteiger partial charge on any atom is 0.271 e. The number of amides is 1. The number of rotatable bonds is 5. The first-order chi connectivity index (χ1) is 13.9. The lowest BCUT2D eigenvalue weighted by Crippen LogP contribution is -2.20. The molecule has 0 fully saturated rings. The number of allylic oxidation sites excluding steroid dienone is 1. The van der Waals surface area contributed by atoms with Gasteiger partial charge in [0.1, 0.15) is 0 Å². The van der Waals surface area contributed by atoms with Gasteiger partial charge in [0.2, 0.25) is 0 Å². The van der Waals surface area contributed by atoms with Crippen molar-refractivity contribution in [2.75, 3.05) is 0 Å². The Hall–Kier alpha value is -3.46. The van der Waals surface area contributed by atoms with E-state index in [0.717, 1.165) is 11.1 Å². The van der Waals surface area contributed by atoms with Crippen molar-refractivity contribution in [3.8, 4) is 0 Å². The molecule has 0 atom stereocenters. The molecule has 0 aliphatic carbocycles. The van der Waals surface area contributed by atoms with Gasteiger partial charge in [0.05, 0.1) is 5.71 Å². The van der Waals surface area contributed by atoms with Crippen LogP contribution in [0.2, 0.25) is 0 Å². The maximum absolute atomic E-state index is 12.6. The monoisotopic (exact) mass is 382 g/mol. The lowest BCUT2D eigenvalue weighted by atomic mass is 9.87. The van der Waals surface area contributed by atoms with Crippen LogP contribution in [0.25, 0.3) is 6.08 Å². The molecule has 0 aliphatic rings. The SMILES string of the molecule is CC(C)(C)c1ccc(C(=O)NN=C(C=Cc2ccccc2)c2ccccc2)cc1. The van der Waals surface area contributed by atoms with Gasteiger partial charge in [-0.2, -0.15) is 5.10 Å². The van der Waals surface area contributed by atoms with Crippen molar-refractivity contribution in [3.63, 3.8) is 0 Å². The van der Waals surface area contributed by atoms with Gasteiger partial charge in [-0.1, -0.05) is 99.6 Å². The molecule has 0 aromatic heterocycles. The molecule has 3 aromatic rings. The molecule has 3 rings (SSSR count). The van der Waals surface area contributed by atoms with E-state index in [1.165, 1.54) is 5.56 Å². The lowest BCUT2D eigenvalue weighted by Gasteiger charge is -2.18. The Morgan fingerprint density at radius 1 is 0.793 bits per heavy atom. The van der Waals surface area contributed by atoms with E-state index in [1.807, 2.05) is 97.1 Å². The van der Waals surface area contributed by atoms with Crippen molar-refractivity contribution in [1.29, 1.82) is 0 Å².